The number of amides is 1. The summed E-state index contributed by atoms with van der Waals surface area (Å²) in [5.74, 6) is -1.17. The Morgan fingerprint density at radius 2 is 2.31 bits per heavy atom. The van der Waals surface area contributed by atoms with Gasteiger partial charge in [0.05, 0.1) is 5.92 Å². The summed E-state index contributed by atoms with van der Waals surface area (Å²) < 4.78 is 0. The molecule has 1 aliphatic rings. The van der Waals surface area contributed by atoms with Gasteiger partial charge < -0.3 is 15.3 Å². The Morgan fingerprint density at radius 3 is 2.81 bits per heavy atom. The van der Waals surface area contributed by atoms with E-state index in [4.69, 9.17) is 5.11 Å². The van der Waals surface area contributed by atoms with Crippen LogP contribution in [0.5, 0.6) is 0 Å². The Labute approximate surface area is 95.1 Å². The molecule has 5 heteroatoms. The smallest absolute Gasteiger partial charge is 0.323 e. The number of carboxylic acids is 1. The molecule has 0 bridgehead atoms. The van der Waals surface area contributed by atoms with Crippen molar-refractivity contribution in [2.75, 3.05) is 26.2 Å². The van der Waals surface area contributed by atoms with Crippen molar-refractivity contribution in [1.82, 2.24) is 10.2 Å². The molecule has 5 nitrogen and oxygen atoms in total. The standard InChI is InChI=1S/C11H18N2O3/c1-2-6-13(8-10(14)15)11(16)9-4-3-5-12-7-9/h2,9,12H,1,3-8H2,(H,14,15)/t9-/m0/s1. The molecule has 1 heterocycles. The molecule has 2 N–H and O–H groups in total. The predicted octanol–water partition coefficient (Wildman–Crippen LogP) is 0.0852. The Bertz CT molecular complexity index is 272. The number of piperidine rings is 1. The molecule has 0 saturated carbocycles. The Hall–Kier alpha value is -1.36. The number of rotatable bonds is 5. The number of carbonyl (C=O) groups is 2. The molecule has 1 rings (SSSR count). The van der Waals surface area contributed by atoms with Crippen molar-refractivity contribution < 1.29 is 14.7 Å². The third kappa shape index (κ3) is 3.66. The predicted molar refractivity (Wildman–Crippen MR) is 60.0 cm³/mol. The van der Waals surface area contributed by atoms with E-state index in [0.29, 0.717) is 13.1 Å². The van der Waals surface area contributed by atoms with E-state index < -0.39 is 5.97 Å². The molecular formula is C11H18N2O3. The van der Waals surface area contributed by atoms with Crippen molar-refractivity contribution in [1.29, 1.82) is 0 Å². The topological polar surface area (TPSA) is 69.6 Å². The highest BCUT2D eigenvalue weighted by atomic mass is 16.4. The van der Waals surface area contributed by atoms with Gasteiger partial charge in [-0.3, -0.25) is 9.59 Å². The number of aliphatic carboxylic acids is 1. The maximum Gasteiger partial charge on any atom is 0.323 e. The summed E-state index contributed by atoms with van der Waals surface area (Å²) in [6.07, 6.45) is 3.35. The van der Waals surface area contributed by atoms with Crippen molar-refractivity contribution in [2.24, 2.45) is 5.92 Å². The number of nitrogens with one attached hydrogen (secondary N) is 1. The molecule has 90 valence electrons. The molecule has 0 aromatic heterocycles. The third-order valence-corrected chi connectivity index (χ3v) is 2.63. The summed E-state index contributed by atoms with van der Waals surface area (Å²) in [5, 5.41) is 11.9. The summed E-state index contributed by atoms with van der Waals surface area (Å²) in [7, 11) is 0. The molecule has 0 radical (unpaired) electrons. The van der Waals surface area contributed by atoms with Gasteiger partial charge in [-0.05, 0) is 19.4 Å². The van der Waals surface area contributed by atoms with Crippen molar-refractivity contribution in [3.05, 3.63) is 12.7 Å². The highest BCUT2D eigenvalue weighted by Gasteiger charge is 2.26. The number of nitrogens with zero attached hydrogens (tertiary/aromatic N) is 1. The molecule has 16 heavy (non-hydrogen) atoms. The van der Waals surface area contributed by atoms with E-state index in [1.807, 2.05) is 0 Å². The first-order valence-corrected chi connectivity index (χ1v) is 5.47. The van der Waals surface area contributed by atoms with E-state index in [9.17, 15) is 9.59 Å². The Kier molecular flexibility index (Phi) is 4.98. The van der Waals surface area contributed by atoms with Crippen LogP contribution in [-0.2, 0) is 9.59 Å². The molecule has 1 aliphatic heterocycles. The summed E-state index contributed by atoms with van der Waals surface area (Å²) in [4.78, 5) is 24.0. The van der Waals surface area contributed by atoms with Crippen LogP contribution in [-0.4, -0.2) is 48.1 Å². The zero-order chi connectivity index (χ0) is 12.0. The first-order valence-electron chi connectivity index (χ1n) is 5.47. The van der Waals surface area contributed by atoms with E-state index in [1.165, 1.54) is 4.90 Å². The van der Waals surface area contributed by atoms with Crippen LogP contribution in [0.2, 0.25) is 0 Å². The van der Waals surface area contributed by atoms with Gasteiger partial charge in [0.2, 0.25) is 5.91 Å². The van der Waals surface area contributed by atoms with Crippen molar-refractivity contribution in [3.63, 3.8) is 0 Å². The molecule has 1 amide bonds. The van der Waals surface area contributed by atoms with Gasteiger partial charge in [-0.2, -0.15) is 0 Å². The maximum absolute atomic E-state index is 12.0. The van der Waals surface area contributed by atoms with Crippen LogP contribution in [0.1, 0.15) is 12.8 Å². The minimum Gasteiger partial charge on any atom is -0.480 e. The van der Waals surface area contributed by atoms with Gasteiger partial charge in [0, 0.05) is 13.1 Å². The summed E-state index contributed by atoms with van der Waals surface area (Å²) >= 11 is 0. The van der Waals surface area contributed by atoms with Crippen molar-refractivity contribution in [2.45, 2.75) is 12.8 Å². The highest BCUT2D eigenvalue weighted by Crippen LogP contribution is 2.13. The first-order chi connectivity index (χ1) is 7.65. The summed E-state index contributed by atoms with van der Waals surface area (Å²) in [5.41, 5.74) is 0. The Morgan fingerprint density at radius 1 is 1.56 bits per heavy atom. The van der Waals surface area contributed by atoms with Crippen LogP contribution in [0.3, 0.4) is 0 Å². The normalized spacial score (nSPS) is 20.1. The average Bonchev–Trinajstić information content (AvgIpc) is 2.28. The molecular weight excluding hydrogens is 208 g/mol. The first kappa shape index (κ1) is 12.7. The van der Waals surface area contributed by atoms with E-state index >= 15 is 0 Å². The second-order valence-corrected chi connectivity index (χ2v) is 3.94. The van der Waals surface area contributed by atoms with Gasteiger partial charge in [-0.1, -0.05) is 6.08 Å². The number of carbonyl (C=O) groups excluding carboxylic acids is 1. The Balaban J connectivity index is 2.57. The van der Waals surface area contributed by atoms with Gasteiger partial charge in [-0.25, -0.2) is 0 Å². The van der Waals surface area contributed by atoms with Gasteiger partial charge >= 0.3 is 5.97 Å². The molecule has 0 aromatic rings. The van der Waals surface area contributed by atoms with Crippen LogP contribution in [0.25, 0.3) is 0 Å². The fourth-order valence-corrected chi connectivity index (χ4v) is 1.87. The molecule has 0 aliphatic carbocycles. The lowest BCUT2D eigenvalue weighted by Gasteiger charge is -2.27. The summed E-state index contributed by atoms with van der Waals surface area (Å²) in [6.45, 7) is 5.16. The van der Waals surface area contributed by atoms with Gasteiger partial charge in [0.1, 0.15) is 6.54 Å². The SMILES string of the molecule is C=CCN(CC(=O)O)C(=O)[C@H]1CCCNC1. The zero-order valence-corrected chi connectivity index (χ0v) is 9.32. The van der Waals surface area contributed by atoms with Crippen LogP contribution in [0.4, 0.5) is 0 Å². The average molecular weight is 226 g/mol. The van der Waals surface area contributed by atoms with E-state index in [2.05, 4.69) is 11.9 Å². The van der Waals surface area contributed by atoms with Crippen LogP contribution in [0, 0.1) is 5.92 Å². The van der Waals surface area contributed by atoms with E-state index in [-0.39, 0.29) is 18.4 Å². The highest BCUT2D eigenvalue weighted by molar-refractivity contribution is 5.83. The zero-order valence-electron chi connectivity index (χ0n) is 9.32. The molecule has 0 aromatic carbocycles. The van der Waals surface area contributed by atoms with Gasteiger partial charge in [-0.15, -0.1) is 6.58 Å². The number of hydrogen-bond acceptors (Lipinski definition) is 3. The van der Waals surface area contributed by atoms with E-state index in [1.54, 1.807) is 6.08 Å². The lowest BCUT2D eigenvalue weighted by atomic mass is 9.98. The largest absolute Gasteiger partial charge is 0.480 e. The molecule has 1 fully saturated rings. The lowest BCUT2D eigenvalue weighted by molar-refractivity contribution is -0.146. The number of hydrogen-bond donors (Lipinski definition) is 2. The quantitative estimate of drug-likeness (QED) is 0.652. The van der Waals surface area contributed by atoms with Crippen LogP contribution in [0.15, 0.2) is 12.7 Å². The maximum atomic E-state index is 12.0. The van der Waals surface area contributed by atoms with Crippen LogP contribution >= 0.6 is 0 Å². The molecule has 0 unspecified atom stereocenters. The number of carboxylic acid groups (broad SMARTS) is 1. The van der Waals surface area contributed by atoms with Crippen molar-refractivity contribution in [3.8, 4) is 0 Å². The minimum absolute atomic E-state index is 0.0884. The molecule has 0 spiro atoms. The molecule has 1 saturated heterocycles. The lowest BCUT2D eigenvalue weighted by Crippen LogP contribution is -2.44. The van der Waals surface area contributed by atoms with E-state index in [0.717, 1.165) is 19.4 Å². The monoisotopic (exact) mass is 226 g/mol. The van der Waals surface area contributed by atoms with Gasteiger partial charge in [0.15, 0.2) is 0 Å². The fraction of sp³-hybridized carbons (Fsp3) is 0.636. The second-order valence-electron chi connectivity index (χ2n) is 3.94. The van der Waals surface area contributed by atoms with Crippen molar-refractivity contribution >= 4 is 11.9 Å². The van der Waals surface area contributed by atoms with Gasteiger partial charge in [0.25, 0.3) is 0 Å². The second kappa shape index (κ2) is 6.27. The molecule has 1 atom stereocenters. The third-order valence-electron chi connectivity index (χ3n) is 2.63. The summed E-state index contributed by atoms with van der Waals surface area (Å²) in [6, 6.07) is 0. The minimum atomic E-state index is -0.987. The fourth-order valence-electron chi connectivity index (χ4n) is 1.87. The van der Waals surface area contributed by atoms with Crippen LogP contribution < -0.4 is 5.32 Å².